The van der Waals surface area contributed by atoms with Crippen LogP contribution in [0, 0.1) is 11.3 Å². The molecular weight excluding hydrogens is 552 g/mol. The van der Waals surface area contributed by atoms with Gasteiger partial charge in [0.15, 0.2) is 4.91 Å². The van der Waals surface area contributed by atoms with Crippen LogP contribution in [0.5, 0.6) is 0 Å². The number of aliphatic hydroxyl groups is 3. The maximum Gasteiger partial charge on any atom is 0.250 e. The second-order valence-corrected chi connectivity index (χ2v) is 13.0. The van der Waals surface area contributed by atoms with Gasteiger partial charge in [-0.05, 0) is 59.8 Å². The van der Waals surface area contributed by atoms with Gasteiger partial charge in [-0.15, -0.1) is 11.3 Å². The summed E-state index contributed by atoms with van der Waals surface area (Å²) < 4.78 is 33.1. The molecule has 1 aromatic heterocycles. The Balaban J connectivity index is 1.29. The van der Waals surface area contributed by atoms with Crippen LogP contribution in [0.3, 0.4) is 0 Å². The van der Waals surface area contributed by atoms with Crippen LogP contribution in [0.2, 0.25) is 0 Å². The molecule has 0 saturated carbocycles. The van der Waals surface area contributed by atoms with E-state index in [4.69, 9.17) is 4.74 Å². The van der Waals surface area contributed by atoms with Gasteiger partial charge < -0.3 is 29.9 Å². The van der Waals surface area contributed by atoms with Crippen molar-refractivity contribution in [1.29, 1.82) is 5.26 Å². The lowest BCUT2D eigenvalue weighted by Crippen LogP contribution is -2.56. The van der Waals surface area contributed by atoms with E-state index < -0.39 is 39.3 Å². The summed E-state index contributed by atoms with van der Waals surface area (Å²) in [6.07, 6.45) is -3.94. The number of nitrogens with one attached hydrogen (secondary N) is 1. The SMILES string of the molecule is CN1CCN(c2ccc3cc(-c4ccc(/C=C(\C#N)S(=O)(=O)NC[C@H]5OC[C@H](O)[C@@H](O)[C@@H]5O)s4)ccc3c2)CC1. The van der Waals surface area contributed by atoms with Crippen LogP contribution >= 0.6 is 11.3 Å². The predicted molar refractivity (Wildman–Crippen MR) is 155 cm³/mol. The first kappa shape index (κ1) is 28.7. The van der Waals surface area contributed by atoms with E-state index in [1.807, 2.05) is 12.1 Å². The Kier molecular flexibility index (Phi) is 8.55. The van der Waals surface area contributed by atoms with Crippen LogP contribution in [0.15, 0.2) is 53.4 Å². The van der Waals surface area contributed by atoms with Crippen molar-refractivity contribution < 1.29 is 28.5 Å². The monoisotopic (exact) mass is 584 g/mol. The van der Waals surface area contributed by atoms with Crippen molar-refractivity contribution in [2.45, 2.75) is 24.4 Å². The largest absolute Gasteiger partial charge is 0.388 e. The summed E-state index contributed by atoms with van der Waals surface area (Å²) in [5, 5.41) is 41.2. The number of hydrogen-bond donors (Lipinski definition) is 4. The van der Waals surface area contributed by atoms with Crippen LogP contribution in [0.4, 0.5) is 5.69 Å². The first-order chi connectivity index (χ1) is 19.1. The Morgan fingerprint density at radius 2 is 1.80 bits per heavy atom. The third-order valence-corrected chi connectivity index (χ3v) is 9.77. The molecule has 5 rings (SSSR count). The third kappa shape index (κ3) is 6.22. The van der Waals surface area contributed by atoms with Crippen LogP contribution in [0.25, 0.3) is 27.3 Å². The number of piperazine rings is 1. The van der Waals surface area contributed by atoms with Crippen LogP contribution < -0.4 is 9.62 Å². The lowest BCUT2D eigenvalue weighted by Gasteiger charge is -2.35. The molecular formula is C28H32N4O6S2. The standard InChI is InChI=1S/C28H32N4O6S2/c1-31-8-10-32(11-9-31)21-5-4-18-12-20(3-2-19(18)13-21)26-7-6-22(39-26)14-23(15-29)40(36,37)30-16-25-28(35)27(34)24(33)17-38-25/h2-7,12-14,24-25,27-28,30,33-35H,8-11,16-17H2,1H3/b23-14+/t24-,25+,27+,28+/m0/s1. The number of benzene rings is 2. The van der Waals surface area contributed by atoms with Crippen molar-refractivity contribution in [3.05, 3.63) is 58.3 Å². The molecule has 0 radical (unpaired) electrons. The maximum atomic E-state index is 12.8. The van der Waals surface area contributed by atoms with Crippen LogP contribution in [-0.4, -0.2) is 99.4 Å². The summed E-state index contributed by atoms with van der Waals surface area (Å²) >= 11 is 1.37. The highest BCUT2D eigenvalue weighted by Crippen LogP contribution is 2.33. The predicted octanol–water partition coefficient (Wildman–Crippen LogP) is 1.59. The average molecular weight is 585 g/mol. The van der Waals surface area contributed by atoms with Gasteiger partial charge in [-0.1, -0.05) is 18.2 Å². The van der Waals surface area contributed by atoms with Crippen molar-refractivity contribution in [2.24, 2.45) is 0 Å². The number of rotatable bonds is 7. The summed E-state index contributed by atoms with van der Waals surface area (Å²) in [4.78, 5) is 5.77. The third-order valence-electron chi connectivity index (χ3n) is 7.36. The Morgan fingerprint density at radius 3 is 2.55 bits per heavy atom. The lowest BCUT2D eigenvalue weighted by molar-refractivity contribution is -0.184. The lowest BCUT2D eigenvalue weighted by atomic mass is 10.0. The molecule has 3 aromatic rings. The molecule has 0 bridgehead atoms. The smallest absolute Gasteiger partial charge is 0.250 e. The van der Waals surface area contributed by atoms with Gasteiger partial charge in [-0.25, -0.2) is 13.1 Å². The van der Waals surface area contributed by atoms with Gasteiger partial charge in [-0.2, -0.15) is 5.26 Å². The molecule has 0 aliphatic carbocycles. The van der Waals surface area contributed by atoms with Gasteiger partial charge in [0.25, 0.3) is 10.0 Å². The van der Waals surface area contributed by atoms with Crippen molar-refractivity contribution in [3.63, 3.8) is 0 Å². The molecule has 0 spiro atoms. The van der Waals surface area contributed by atoms with Gasteiger partial charge in [0, 0.05) is 48.2 Å². The Hall–Kier alpha value is -2.86. The molecule has 0 unspecified atom stereocenters. The Morgan fingerprint density at radius 1 is 1.07 bits per heavy atom. The normalized spacial score (nSPS) is 24.8. The van der Waals surface area contributed by atoms with Gasteiger partial charge in [0.2, 0.25) is 0 Å². The summed E-state index contributed by atoms with van der Waals surface area (Å²) in [6.45, 7) is 3.50. The molecule has 2 aliphatic heterocycles. The number of anilines is 1. The van der Waals surface area contributed by atoms with Crippen molar-refractivity contribution in [1.82, 2.24) is 9.62 Å². The summed E-state index contributed by atoms with van der Waals surface area (Å²) in [5.41, 5.74) is 2.21. The number of allylic oxidation sites excluding steroid dienone is 1. The molecule has 2 fully saturated rings. The second-order valence-electron chi connectivity index (χ2n) is 10.1. The second kappa shape index (κ2) is 11.9. The highest BCUT2D eigenvalue weighted by atomic mass is 32.2. The summed E-state index contributed by atoms with van der Waals surface area (Å²) in [6, 6.07) is 18.1. The van der Waals surface area contributed by atoms with E-state index in [0.717, 1.165) is 47.4 Å². The van der Waals surface area contributed by atoms with E-state index in [-0.39, 0.29) is 13.2 Å². The molecule has 4 N–H and O–H groups in total. The average Bonchev–Trinajstić information content (AvgIpc) is 3.43. The fourth-order valence-electron chi connectivity index (χ4n) is 4.85. The number of ether oxygens (including phenoxy) is 1. The zero-order valence-corrected chi connectivity index (χ0v) is 23.6. The number of sulfonamides is 1. The number of nitrogens with zero attached hydrogens (tertiary/aromatic N) is 3. The van der Waals surface area contributed by atoms with Crippen molar-refractivity contribution in [3.8, 4) is 16.5 Å². The molecule has 12 heteroatoms. The first-order valence-electron chi connectivity index (χ1n) is 13.0. The molecule has 3 heterocycles. The number of thiophene rings is 1. The molecule has 0 amide bonds. The number of fused-ring (bicyclic) bond motifs is 1. The molecule has 4 atom stereocenters. The quantitative estimate of drug-likeness (QED) is 0.304. The highest BCUT2D eigenvalue weighted by Gasteiger charge is 2.38. The fraction of sp³-hybridized carbons (Fsp3) is 0.393. The van der Waals surface area contributed by atoms with Gasteiger partial charge in [0.05, 0.1) is 12.7 Å². The minimum atomic E-state index is -4.21. The number of hydrogen-bond acceptors (Lipinski definition) is 10. The van der Waals surface area contributed by atoms with E-state index in [2.05, 4.69) is 51.9 Å². The van der Waals surface area contributed by atoms with Crippen molar-refractivity contribution >= 4 is 43.9 Å². The van der Waals surface area contributed by atoms with E-state index >= 15 is 0 Å². The fourth-order valence-corrected chi connectivity index (χ4v) is 6.81. The zero-order valence-electron chi connectivity index (χ0n) is 22.0. The molecule has 2 saturated heterocycles. The Labute approximate surface area is 237 Å². The van der Waals surface area contributed by atoms with E-state index in [9.17, 15) is 29.0 Å². The minimum Gasteiger partial charge on any atom is -0.388 e. The minimum absolute atomic E-state index is 0.240. The maximum absolute atomic E-state index is 12.8. The van der Waals surface area contributed by atoms with Gasteiger partial charge in [-0.3, -0.25) is 0 Å². The molecule has 2 aromatic carbocycles. The van der Waals surface area contributed by atoms with E-state index in [0.29, 0.717) is 4.88 Å². The number of nitriles is 1. The molecule has 40 heavy (non-hydrogen) atoms. The number of likely N-dealkylation sites (N-methyl/N-ethyl adjacent to an activating group) is 1. The highest BCUT2D eigenvalue weighted by molar-refractivity contribution is 7.93. The Bertz CT molecular complexity index is 1540. The summed E-state index contributed by atoms with van der Waals surface area (Å²) in [7, 11) is -2.07. The first-order valence-corrected chi connectivity index (χ1v) is 15.3. The zero-order chi connectivity index (χ0) is 28.4. The van der Waals surface area contributed by atoms with Crippen LogP contribution in [0.1, 0.15) is 4.88 Å². The van der Waals surface area contributed by atoms with Gasteiger partial charge in [0.1, 0.15) is 24.4 Å². The molecule has 10 nitrogen and oxygen atoms in total. The summed E-state index contributed by atoms with van der Waals surface area (Å²) in [5.74, 6) is 0. The van der Waals surface area contributed by atoms with Gasteiger partial charge >= 0.3 is 0 Å². The van der Waals surface area contributed by atoms with E-state index in [1.165, 1.54) is 23.1 Å². The molecule has 2 aliphatic rings. The number of aliphatic hydroxyl groups excluding tert-OH is 3. The molecule has 212 valence electrons. The van der Waals surface area contributed by atoms with Crippen LogP contribution in [-0.2, 0) is 14.8 Å². The topological polar surface area (TPSA) is 146 Å². The van der Waals surface area contributed by atoms with Crippen molar-refractivity contribution in [2.75, 3.05) is 51.3 Å². The van der Waals surface area contributed by atoms with E-state index in [1.54, 1.807) is 12.1 Å².